The maximum absolute atomic E-state index is 11.8. The van der Waals surface area contributed by atoms with E-state index < -0.39 is 0 Å². The lowest BCUT2D eigenvalue weighted by Gasteiger charge is -2.17. The highest BCUT2D eigenvalue weighted by atomic mass is 32.2. The van der Waals surface area contributed by atoms with Gasteiger partial charge in [0.05, 0.1) is 13.8 Å². The van der Waals surface area contributed by atoms with Crippen LogP contribution in [0.5, 0.6) is 0 Å². The lowest BCUT2D eigenvalue weighted by Crippen LogP contribution is -2.24. The Labute approximate surface area is 96.0 Å². The van der Waals surface area contributed by atoms with Gasteiger partial charge >= 0.3 is 5.97 Å². The third kappa shape index (κ3) is 6.77. The van der Waals surface area contributed by atoms with Crippen LogP contribution in [0.2, 0.25) is 0 Å². The van der Waals surface area contributed by atoms with Gasteiger partial charge in [-0.05, 0) is 24.5 Å². The molecule has 0 aliphatic carbocycles. The van der Waals surface area contributed by atoms with E-state index in [2.05, 4.69) is 0 Å². The molecule has 90 valence electrons. The van der Waals surface area contributed by atoms with Gasteiger partial charge in [0, 0.05) is 0 Å². The van der Waals surface area contributed by atoms with Crippen molar-refractivity contribution in [3.8, 4) is 0 Å². The van der Waals surface area contributed by atoms with E-state index in [0.717, 1.165) is 18.6 Å². The first-order valence-electron chi connectivity index (χ1n) is 5.38. The zero-order valence-corrected chi connectivity index (χ0v) is 10.6. The molecule has 0 rings (SSSR count). The summed E-state index contributed by atoms with van der Waals surface area (Å²) >= 11 is 1.62. The second kappa shape index (κ2) is 9.01. The average molecular weight is 236 g/mol. The molecular formula is C11H21FO2S. The quantitative estimate of drug-likeness (QED) is 0.478. The Morgan fingerprint density at radius 2 is 2.00 bits per heavy atom. The van der Waals surface area contributed by atoms with Crippen LogP contribution in [0.4, 0.5) is 4.39 Å². The van der Waals surface area contributed by atoms with E-state index in [-0.39, 0.29) is 23.8 Å². The van der Waals surface area contributed by atoms with Crippen molar-refractivity contribution in [2.45, 2.75) is 38.4 Å². The van der Waals surface area contributed by atoms with Crippen molar-refractivity contribution in [3.05, 3.63) is 0 Å². The minimum atomic E-state index is -0.241. The first-order chi connectivity index (χ1) is 7.13. The Hall–Kier alpha value is -0.250. The highest BCUT2D eigenvalue weighted by molar-refractivity contribution is 8.00. The maximum atomic E-state index is 11.8. The van der Waals surface area contributed by atoms with E-state index in [0.29, 0.717) is 6.42 Å². The highest BCUT2D eigenvalue weighted by Gasteiger charge is 2.22. The molecule has 2 nitrogen and oxygen atoms in total. The largest absolute Gasteiger partial charge is 0.468 e. The molecule has 0 aromatic carbocycles. The number of esters is 1. The molecule has 0 heterocycles. The van der Waals surface area contributed by atoms with Crippen LogP contribution in [0.25, 0.3) is 0 Å². The van der Waals surface area contributed by atoms with Crippen molar-refractivity contribution in [2.24, 2.45) is 5.92 Å². The molecule has 1 unspecified atom stereocenters. The molecule has 15 heavy (non-hydrogen) atoms. The molecule has 0 saturated heterocycles. The van der Waals surface area contributed by atoms with E-state index in [1.165, 1.54) is 7.11 Å². The number of rotatable bonds is 8. The molecule has 0 radical (unpaired) electrons. The number of methoxy groups -OCH3 is 1. The van der Waals surface area contributed by atoms with Crippen molar-refractivity contribution in [1.82, 2.24) is 0 Å². The summed E-state index contributed by atoms with van der Waals surface area (Å²) in [7, 11) is 1.42. The summed E-state index contributed by atoms with van der Waals surface area (Å²) in [5, 5.41) is -0.0830. The fourth-order valence-electron chi connectivity index (χ4n) is 1.23. The second-order valence-corrected chi connectivity index (χ2v) is 5.06. The Balaban J connectivity index is 3.72. The minimum absolute atomic E-state index is 0.0830. The molecular weight excluding hydrogens is 215 g/mol. The Bertz CT molecular complexity index is 174. The number of hydrogen-bond donors (Lipinski definition) is 0. The molecule has 0 spiro atoms. The predicted molar refractivity (Wildman–Crippen MR) is 62.9 cm³/mol. The Kier molecular flexibility index (Phi) is 8.86. The monoisotopic (exact) mass is 236 g/mol. The van der Waals surface area contributed by atoms with Crippen LogP contribution in [-0.4, -0.2) is 30.8 Å². The van der Waals surface area contributed by atoms with E-state index >= 15 is 0 Å². The topological polar surface area (TPSA) is 26.3 Å². The van der Waals surface area contributed by atoms with Gasteiger partial charge in [-0.3, -0.25) is 9.18 Å². The maximum Gasteiger partial charge on any atom is 0.319 e. The molecule has 0 fully saturated rings. The number of alkyl halides is 1. The van der Waals surface area contributed by atoms with Crippen molar-refractivity contribution >= 4 is 17.7 Å². The third-order valence-electron chi connectivity index (χ3n) is 2.11. The second-order valence-electron chi connectivity index (χ2n) is 3.81. The molecule has 0 amide bonds. The van der Waals surface area contributed by atoms with E-state index in [1.807, 2.05) is 13.8 Å². The van der Waals surface area contributed by atoms with Gasteiger partial charge in [-0.1, -0.05) is 20.3 Å². The number of unbranched alkanes of at least 4 members (excludes halogenated alkanes) is 2. The van der Waals surface area contributed by atoms with Crippen LogP contribution >= 0.6 is 11.8 Å². The first kappa shape index (κ1) is 14.8. The van der Waals surface area contributed by atoms with Crippen molar-refractivity contribution < 1.29 is 13.9 Å². The summed E-state index contributed by atoms with van der Waals surface area (Å²) in [5.41, 5.74) is 0. The lowest BCUT2D eigenvalue weighted by atomic mass is 10.1. The van der Waals surface area contributed by atoms with E-state index in [4.69, 9.17) is 4.74 Å². The number of carbonyl (C=O) groups is 1. The van der Waals surface area contributed by atoms with Gasteiger partial charge in [0.2, 0.25) is 0 Å². The van der Waals surface area contributed by atoms with Gasteiger partial charge in [-0.2, -0.15) is 0 Å². The van der Waals surface area contributed by atoms with E-state index in [9.17, 15) is 9.18 Å². The zero-order chi connectivity index (χ0) is 11.7. The van der Waals surface area contributed by atoms with Crippen molar-refractivity contribution in [2.75, 3.05) is 19.5 Å². The molecule has 0 aliphatic rings. The predicted octanol–water partition coefficient (Wildman–Crippen LogP) is 3.06. The van der Waals surface area contributed by atoms with Gasteiger partial charge in [0.25, 0.3) is 0 Å². The summed E-state index contributed by atoms with van der Waals surface area (Å²) in [6.45, 7) is 3.78. The lowest BCUT2D eigenvalue weighted by molar-refractivity contribution is -0.140. The van der Waals surface area contributed by atoms with Gasteiger partial charge in [0.15, 0.2) is 0 Å². The Morgan fingerprint density at radius 3 is 2.47 bits per heavy atom. The summed E-state index contributed by atoms with van der Waals surface area (Å²) in [6.07, 6.45) is 2.50. The van der Waals surface area contributed by atoms with Crippen LogP contribution in [0, 0.1) is 5.92 Å². The SMILES string of the molecule is COC(=O)C(SCCCCCF)C(C)C. The third-order valence-corrected chi connectivity index (χ3v) is 3.73. The van der Waals surface area contributed by atoms with Crippen LogP contribution in [0.3, 0.4) is 0 Å². The number of thioether (sulfide) groups is 1. The zero-order valence-electron chi connectivity index (χ0n) is 9.79. The molecule has 0 aromatic rings. The van der Waals surface area contributed by atoms with Crippen molar-refractivity contribution in [3.63, 3.8) is 0 Å². The fourth-order valence-corrected chi connectivity index (χ4v) is 2.47. The normalized spacial score (nSPS) is 12.9. The number of halogens is 1. The van der Waals surface area contributed by atoms with Gasteiger partial charge < -0.3 is 4.74 Å². The number of ether oxygens (including phenoxy) is 1. The van der Waals surface area contributed by atoms with Crippen molar-refractivity contribution in [1.29, 1.82) is 0 Å². The van der Waals surface area contributed by atoms with Gasteiger partial charge in [-0.15, -0.1) is 11.8 Å². The first-order valence-corrected chi connectivity index (χ1v) is 6.43. The van der Waals surface area contributed by atoms with Crippen LogP contribution in [-0.2, 0) is 9.53 Å². The highest BCUT2D eigenvalue weighted by Crippen LogP contribution is 2.22. The average Bonchev–Trinajstić information content (AvgIpc) is 2.22. The smallest absolute Gasteiger partial charge is 0.319 e. The molecule has 4 heteroatoms. The fraction of sp³-hybridized carbons (Fsp3) is 0.909. The van der Waals surface area contributed by atoms with Gasteiger partial charge in [-0.25, -0.2) is 0 Å². The number of hydrogen-bond acceptors (Lipinski definition) is 3. The summed E-state index contributed by atoms with van der Waals surface area (Å²) in [4.78, 5) is 11.4. The standard InChI is InChI=1S/C11H21FO2S/c1-9(2)10(11(13)14-3)15-8-6-4-5-7-12/h9-10H,4-8H2,1-3H3. The molecule has 0 saturated carbocycles. The molecule has 1 atom stereocenters. The van der Waals surface area contributed by atoms with Gasteiger partial charge in [0.1, 0.15) is 5.25 Å². The molecule has 0 N–H and O–H groups in total. The van der Waals surface area contributed by atoms with E-state index in [1.54, 1.807) is 11.8 Å². The molecule has 0 aromatic heterocycles. The number of carbonyl (C=O) groups excluding carboxylic acids is 1. The minimum Gasteiger partial charge on any atom is -0.468 e. The summed E-state index contributed by atoms with van der Waals surface area (Å²) in [5.74, 6) is 1.03. The summed E-state index contributed by atoms with van der Waals surface area (Å²) < 4.78 is 16.5. The molecule has 0 bridgehead atoms. The van der Waals surface area contributed by atoms with Crippen LogP contribution in [0.15, 0.2) is 0 Å². The van der Waals surface area contributed by atoms with Crippen LogP contribution in [0.1, 0.15) is 33.1 Å². The summed E-state index contributed by atoms with van der Waals surface area (Å²) in [6, 6.07) is 0. The Morgan fingerprint density at radius 1 is 1.33 bits per heavy atom. The molecule has 0 aliphatic heterocycles. The van der Waals surface area contributed by atoms with Crippen LogP contribution < -0.4 is 0 Å².